The Morgan fingerprint density at radius 3 is 1.28 bits per heavy atom. The number of hydrogen-bond donors (Lipinski definition) is 0. The molecule has 1 aromatic carbocycles. The average molecular weight is 509 g/mol. The summed E-state index contributed by atoms with van der Waals surface area (Å²) in [4.78, 5) is 45.2. The third-order valence-corrected chi connectivity index (χ3v) is 5.27. The maximum absolute atomic E-state index is 11.4. The summed E-state index contributed by atoms with van der Waals surface area (Å²) in [7, 11) is 2.52. The van der Waals surface area contributed by atoms with Crippen LogP contribution < -0.4 is 0 Å². The summed E-state index contributed by atoms with van der Waals surface area (Å²) in [5, 5.41) is 0. The van der Waals surface area contributed by atoms with Gasteiger partial charge in [-0.1, -0.05) is 64.5 Å². The second kappa shape index (κ2) is 22.6. The Labute approximate surface area is 216 Å². The zero-order valence-corrected chi connectivity index (χ0v) is 22.5. The Morgan fingerprint density at radius 2 is 0.944 bits per heavy atom. The second-order valence-electron chi connectivity index (χ2n) is 8.30. The minimum atomic E-state index is -0.550. The molecule has 0 saturated carbocycles. The summed E-state index contributed by atoms with van der Waals surface area (Å²) in [5.41, 5.74) is 0.420. The normalized spacial score (nSPS) is 10.0. The maximum atomic E-state index is 11.4. The standard InChI is InChI=1S/C18H34O4.C10H10O4/c1-3-5-15-21-17(19)13-11-9-7-8-10-12-14-18(20)22-16-6-4-2;1-13-9(11)7-5-3-4-6-8(7)10(12)14-2/h3-16H2,1-2H3;3-6H,1-2H3. The highest BCUT2D eigenvalue weighted by Crippen LogP contribution is 2.11. The van der Waals surface area contributed by atoms with E-state index in [2.05, 4.69) is 23.3 Å². The third kappa shape index (κ3) is 16.7. The maximum Gasteiger partial charge on any atom is 0.338 e. The van der Waals surface area contributed by atoms with Gasteiger partial charge in [0.05, 0.1) is 38.6 Å². The summed E-state index contributed by atoms with van der Waals surface area (Å²) < 4.78 is 19.3. The quantitative estimate of drug-likeness (QED) is 0.142. The van der Waals surface area contributed by atoms with Crippen molar-refractivity contribution in [2.24, 2.45) is 0 Å². The van der Waals surface area contributed by atoms with Crippen LogP contribution in [-0.4, -0.2) is 51.3 Å². The molecule has 0 bridgehead atoms. The first kappa shape index (κ1) is 33.1. The number of rotatable bonds is 17. The van der Waals surface area contributed by atoms with Crippen LogP contribution in [0.25, 0.3) is 0 Å². The Bertz CT molecular complexity index is 697. The highest BCUT2D eigenvalue weighted by Gasteiger charge is 2.16. The fourth-order valence-electron chi connectivity index (χ4n) is 3.11. The molecule has 0 saturated heterocycles. The largest absolute Gasteiger partial charge is 0.466 e. The Kier molecular flexibility index (Phi) is 20.7. The fraction of sp³-hybridized carbons (Fsp3) is 0.643. The van der Waals surface area contributed by atoms with Crippen LogP contribution in [0.3, 0.4) is 0 Å². The molecule has 0 aromatic heterocycles. The van der Waals surface area contributed by atoms with E-state index >= 15 is 0 Å². The van der Waals surface area contributed by atoms with E-state index in [1.807, 2.05) is 0 Å². The molecule has 0 aliphatic heterocycles. The summed E-state index contributed by atoms with van der Waals surface area (Å²) in [5.74, 6) is -1.23. The minimum absolute atomic E-state index is 0.0664. The van der Waals surface area contributed by atoms with Crippen molar-refractivity contribution in [3.05, 3.63) is 35.4 Å². The second-order valence-corrected chi connectivity index (χ2v) is 8.30. The van der Waals surface area contributed by atoms with Gasteiger partial charge in [0.25, 0.3) is 0 Å². The van der Waals surface area contributed by atoms with E-state index in [1.165, 1.54) is 26.4 Å². The molecule has 0 aliphatic rings. The van der Waals surface area contributed by atoms with E-state index in [-0.39, 0.29) is 23.1 Å². The van der Waals surface area contributed by atoms with Gasteiger partial charge in [-0.05, 0) is 37.8 Å². The highest BCUT2D eigenvalue weighted by molar-refractivity contribution is 6.03. The van der Waals surface area contributed by atoms with Gasteiger partial charge in [-0.2, -0.15) is 0 Å². The van der Waals surface area contributed by atoms with Gasteiger partial charge >= 0.3 is 23.9 Å². The van der Waals surface area contributed by atoms with E-state index in [0.29, 0.717) is 26.1 Å². The highest BCUT2D eigenvalue weighted by atomic mass is 16.5. The van der Waals surface area contributed by atoms with Gasteiger partial charge in [-0.3, -0.25) is 9.59 Å². The van der Waals surface area contributed by atoms with Crippen LogP contribution >= 0.6 is 0 Å². The predicted octanol–water partition coefficient (Wildman–Crippen LogP) is 6.05. The smallest absolute Gasteiger partial charge is 0.338 e. The lowest BCUT2D eigenvalue weighted by atomic mass is 10.1. The van der Waals surface area contributed by atoms with Crippen molar-refractivity contribution < 1.29 is 38.1 Å². The Hall–Kier alpha value is -2.90. The number of methoxy groups -OCH3 is 2. The van der Waals surface area contributed by atoms with Crippen LogP contribution in [0.1, 0.15) is 112 Å². The molecule has 0 radical (unpaired) electrons. The summed E-state index contributed by atoms with van der Waals surface area (Å²) >= 11 is 0. The van der Waals surface area contributed by atoms with Crippen LogP contribution in [0.5, 0.6) is 0 Å². The number of carbonyl (C=O) groups is 4. The Balaban J connectivity index is 0.000000748. The van der Waals surface area contributed by atoms with Gasteiger partial charge in [-0.25, -0.2) is 9.59 Å². The van der Waals surface area contributed by atoms with Crippen LogP contribution in [0.4, 0.5) is 0 Å². The first-order valence-electron chi connectivity index (χ1n) is 13.0. The van der Waals surface area contributed by atoms with Crippen molar-refractivity contribution in [1.29, 1.82) is 0 Å². The molecular weight excluding hydrogens is 464 g/mol. The van der Waals surface area contributed by atoms with E-state index in [4.69, 9.17) is 9.47 Å². The van der Waals surface area contributed by atoms with Crippen molar-refractivity contribution >= 4 is 23.9 Å². The molecule has 0 fully saturated rings. The predicted molar refractivity (Wildman–Crippen MR) is 138 cm³/mol. The lowest BCUT2D eigenvalue weighted by molar-refractivity contribution is -0.144. The first-order chi connectivity index (χ1) is 17.4. The van der Waals surface area contributed by atoms with Crippen LogP contribution in [0, 0.1) is 0 Å². The van der Waals surface area contributed by atoms with Crippen LogP contribution in [-0.2, 0) is 28.5 Å². The van der Waals surface area contributed by atoms with Gasteiger partial charge in [-0.15, -0.1) is 0 Å². The molecule has 0 aliphatic carbocycles. The van der Waals surface area contributed by atoms with Crippen molar-refractivity contribution in [1.82, 2.24) is 0 Å². The zero-order chi connectivity index (χ0) is 27.0. The number of hydrogen-bond acceptors (Lipinski definition) is 8. The third-order valence-electron chi connectivity index (χ3n) is 5.27. The van der Waals surface area contributed by atoms with Crippen molar-refractivity contribution in [2.75, 3.05) is 27.4 Å². The molecule has 0 N–H and O–H groups in total. The van der Waals surface area contributed by atoms with Crippen LogP contribution in [0.2, 0.25) is 0 Å². The van der Waals surface area contributed by atoms with E-state index in [1.54, 1.807) is 12.1 Å². The molecule has 0 amide bonds. The molecule has 0 spiro atoms. The Morgan fingerprint density at radius 1 is 0.583 bits per heavy atom. The molecule has 1 rings (SSSR count). The topological polar surface area (TPSA) is 105 Å². The van der Waals surface area contributed by atoms with Crippen LogP contribution in [0.15, 0.2) is 24.3 Å². The summed E-state index contributed by atoms with van der Waals surface area (Å²) in [6, 6.07) is 6.33. The fourth-order valence-corrected chi connectivity index (χ4v) is 3.11. The molecule has 8 heteroatoms. The summed E-state index contributed by atoms with van der Waals surface area (Å²) in [6.45, 7) is 5.28. The van der Waals surface area contributed by atoms with Gasteiger partial charge in [0.2, 0.25) is 0 Å². The van der Waals surface area contributed by atoms with Gasteiger partial charge in [0.15, 0.2) is 0 Å². The molecular formula is C28H44O8. The lowest BCUT2D eigenvalue weighted by Gasteiger charge is -2.05. The number of unbranched alkanes of at least 4 members (excludes halogenated alkanes) is 7. The molecule has 8 nitrogen and oxygen atoms in total. The van der Waals surface area contributed by atoms with Crippen molar-refractivity contribution in [3.63, 3.8) is 0 Å². The monoisotopic (exact) mass is 508 g/mol. The molecule has 0 unspecified atom stereocenters. The number of esters is 4. The molecule has 204 valence electrons. The van der Waals surface area contributed by atoms with E-state index < -0.39 is 11.9 Å². The van der Waals surface area contributed by atoms with E-state index in [9.17, 15) is 19.2 Å². The average Bonchev–Trinajstić information content (AvgIpc) is 2.90. The first-order valence-corrected chi connectivity index (χ1v) is 13.0. The number of carbonyl (C=O) groups excluding carboxylic acids is 4. The molecule has 36 heavy (non-hydrogen) atoms. The lowest BCUT2D eigenvalue weighted by Crippen LogP contribution is -2.11. The van der Waals surface area contributed by atoms with Gasteiger partial charge in [0.1, 0.15) is 0 Å². The SMILES string of the molecule is CCCCOC(=O)CCCCCCCCC(=O)OCCCC.COC(=O)c1ccccc1C(=O)OC. The number of benzene rings is 1. The van der Waals surface area contributed by atoms with Crippen molar-refractivity contribution in [2.45, 2.75) is 90.9 Å². The van der Waals surface area contributed by atoms with E-state index in [0.717, 1.165) is 64.2 Å². The number of ether oxygens (including phenoxy) is 4. The van der Waals surface area contributed by atoms with Gasteiger partial charge < -0.3 is 18.9 Å². The molecule has 0 atom stereocenters. The molecule has 0 heterocycles. The molecule has 1 aromatic rings. The van der Waals surface area contributed by atoms with Gasteiger partial charge in [0, 0.05) is 12.8 Å². The zero-order valence-electron chi connectivity index (χ0n) is 22.5. The minimum Gasteiger partial charge on any atom is -0.466 e. The summed E-state index contributed by atoms with van der Waals surface area (Å²) in [6.07, 6.45) is 11.3. The van der Waals surface area contributed by atoms with Crippen molar-refractivity contribution in [3.8, 4) is 0 Å².